The molecule has 0 radical (unpaired) electrons. The molecule has 0 fully saturated rings. The van der Waals surface area contributed by atoms with E-state index in [9.17, 15) is 0 Å². The quantitative estimate of drug-likeness (QED) is 0.570. The Labute approximate surface area is 140 Å². The minimum absolute atomic E-state index is 0.515. The van der Waals surface area contributed by atoms with Gasteiger partial charge in [-0.15, -0.1) is 10.2 Å². The summed E-state index contributed by atoms with van der Waals surface area (Å²) in [6.45, 7) is 0. The highest BCUT2D eigenvalue weighted by Crippen LogP contribution is 2.31. The van der Waals surface area contributed by atoms with Crippen LogP contribution in [0.15, 0.2) is 30.5 Å². The molecule has 0 aliphatic heterocycles. The number of ether oxygens (including phenoxy) is 1. The Morgan fingerprint density at radius 1 is 1.17 bits per heavy atom. The first-order valence-corrected chi connectivity index (χ1v) is 7.91. The minimum atomic E-state index is 0.515. The lowest BCUT2D eigenvalue weighted by Crippen LogP contribution is -1.99. The molecule has 0 atom stereocenters. The van der Waals surface area contributed by atoms with Crippen molar-refractivity contribution in [3.8, 4) is 27.8 Å². The molecule has 0 spiro atoms. The normalized spacial score (nSPS) is 11.3. The van der Waals surface area contributed by atoms with Crippen LogP contribution in [0, 0.1) is 0 Å². The number of benzene rings is 1. The molecular weight excluding hydrogens is 336 g/mol. The van der Waals surface area contributed by atoms with Crippen LogP contribution in [0.4, 0.5) is 0 Å². The molecular formula is C14H11ClN6OS. The molecule has 0 saturated carbocycles. The zero-order chi connectivity index (χ0) is 16.0. The summed E-state index contributed by atoms with van der Waals surface area (Å²) in [4.78, 5) is 0.697. The topological polar surface area (TPSA) is 70.1 Å². The summed E-state index contributed by atoms with van der Waals surface area (Å²) < 4.78 is 8.52. The van der Waals surface area contributed by atoms with Gasteiger partial charge in [0, 0.05) is 12.6 Å². The molecule has 0 aliphatic carbocycles. The predicted octanol–water partition coefficient (Wildman–Crippen LogP) is 2.92. The van der Waals surface area contributed by atoms with Crippen molar-refractivity contribution in [3.05, 3.63) is 35.5 Å². The third-order valence-electron chi connectivity index (χ3n) is 3.43. The molecule has 3 heterocycles. The van der Waals surface area contributed by atoms with E-state index < -0.39 is 0 Å². The monoisotopic (exact) mass is 346 g/mol. The molecule has 4 aromatic rings. The summed E-state index contributed by atoms with van der Waals surface area (Å²) in [7, 11) is 3.45. The van der Waals surface area contributed by atoms with E-state index in [1.165, 1.54) is 11.3 Å². The number of methoxy groups -OCH3 is 1. The van der Waals surface area contributed by atoms with Crippen LogP contribution in [0.25, 0.3) is 27.1 Å². The van der Waals surface area contributed by atoms with E-state index in [0.29, 0.717) is 21.5 Å². The van der Waals surface area contributed by atoms with Gasteiger partial charge >= 0.3 is 0 Å². The smallest absolute Gasteiger partial charge is 0.235 e. The maximum Gasteiger partial charge on any atom is 0.235 e. The van der Waals surface area contributed by atoms with Crippen LogP contribution in [-0.4, -0.2) is 36.7 Å². The third-order valence-corrected chi connectivity index (χ3v) is 4.66. The molecule has 0 unspecified atom stereocenters. The standard InChI is InChI=1S/C14H11ClN6OS/c1-20-11(10(15)7-16-20)12-17-18-14-21(12)19-13(23-14)8-3-5-9(22-2)6-4-8/h3-7H,1-2H3. The second-order valence-corrected chi connectivity index (χ2v) is 6.18. The molecule has 116 valence electrons. The average molecular weight is 347 g/mol. The number of fused-ring (bicyclic) bond motifs is 1. The Balaban J connectivity index is 1.83. The molecule has 7 nitrogen and oxygen atoms in total. The number of hydrogen-bond donors (Lipinski definition) is 0. The summed E-state index contributed by atoms with van der Waals surface area (Å²) in [5.41, 5.74) is 1.68. The Kier molecular flexibility index (Phi) is 3.28. The first-order valence-electron chi connectivity index (χ1n) is 6.72. The van der Waals surface area contributed by atoms with Crippen molar-refractivity contribution in [1.82, 2.24) is 29.6 Å². The van der Waals surface area contributed by atoms with Crippen LogP contribution in [0.5, 0.6) is 5.75 Å². The van der Waals surface area contributed by atoms with Gasteiger partial charge in [0.25, 0.3) is 0 Å². The summed E-state index contributed by atoms with van der Waals surface area (Å²) in [6.07, 6.45) is 1.58. The van der Waals surface area contributed by atoms with Gasteiger partial charge < -0.3 is 4.74 Å². The van der Waals surface area contributed by atoms with E-state index in [1.807, 2.05) is 24.3 Å². The highest BCUT2D eigenvalue weighted by atomic mass is 35.5. The second-order valence-electron chi connectivity index (χ2n) is 4.82. The van der Waals surface area contributed by atoms with Crippen molar-refractivity contribution >= 4 is 27.9 Å². The average Bonchev–Trinajstić information content (AvgIpc) is 3.23. The summed E-state index contributed by atoms with van der Waals surface area (Å²) in [5, 5.41) is 18.5. The Hall–Kier alpha value is -2.45. The summed E-state index contributed by atoms with van der Waals surface area (Å²) in [6, 6.07) is 7.72. The van der Waals surface area contributed by atoms with Crippen LogP contribution in [0.3, 0.4) is 0 Å². The van der Waals surface area contributed by atoms with Crippen molar-refractivity contribution in [2.75, 3.05) is 7.11 Å². The number of aryl methyl sites for hydroxylation is 1. The van der Waals surface area contributed by atoms with E-state index >= 15 is 0 Å². The van der Waals surface area contributed by atoms with Crippen LogP contribution < -0.4 is 4.74 Å². The fraction of sp³-hybridized carbons (Fsp3) is 0.143. The number of rotatable bonds is 3. The van der Waals surface area contributed by atoms with Crippen LogP contribution >= 0.6 is 22.9 Å². The van der Waals surface area contributed by atoms with Gasteiger partial charge in [-0.25, -0.2) is 0 Å². The Morgan fingerprint density at radius 2 is 1.96 bits per heavy atom. The maximum absolute atomic E-state index is 6.19. The Morgan fingerprint density at radius 3 is 2.61 bits per heavy atom. The molecule has 3 aromatic heterocycles. The highest BCUT2D eigenvalue weighted by molar-refractivity contribution is 7.19. The van der Waals surface area contributed by atoms with Crippen molar-refractivity contribution in [2.24, 2.45) is 7.05 Å². The van der Waals surface area contributed by atoms with E-state index in [2.05, 4.69) is 20.4 Å². The van der Waals surface area contributed by atoms with Gasteiger partial charge in [-0.05, 0) is 24.3 Å². The molecule has 23 heavy (non-hydrogen) atoms. The van der Waals surface area contributed by atoms with E-state index in [-0.39, 0.29) is 0 Å². The summed E-state index contributed by atoms with van der Waals surface area (Å²) >= 11 is 7.65. The van der Waals surface area contributed by atoms with Gasteiger partial charge in [0.2, 0.25) is 10.8 Å². The van der Waals surface area contributed by atoms with Gasteiger partial charge in [-0.3, -0.25) is 4.68 Å². The van der Waals surface area contributed by atoms with E-state index in [1.54, 1.807) is 29.6 Å². The van der Waals surface area contributed by atoms with Crippen molar-refractivity contribution in [2.45, 2.75) is 0 Å². The lowest BCUT2D eigenvalue weighted by molar-refractivity contribution is 0.415. The zero-order valence-corrected chi connectivity index (χ0v) is 13.8. The van der Waals surface area contributed by atoms with Gasteiger partial charge in [0.15, 0.2) is 0 Å². The van der Waals surface area contributed by atoms with Crippen molar-refractivity contribution in [3.63, 3.8) is 0 Å². The van der Waals surface area contributed by atoms with E-state index in [4.69, 9.17) is 16.3 Å². The number of nitrogens with zero attached hydrogens (tertiary/aromatic N) is 6. The lowest BCUT2D eigenvalue weighted by Gasteiger charge is -2.00. The molecule has 0 bridgehead atoms. The maximum atomic E-state index is 6.19. The highest BCUT2D eigenvalue weighted by Gasteiger charge is 2.19. The zero-order valence-electron chi connectivity index (χ0n) is 12.3. The second kappa shape index (κ2) is 5.32. The largest absolute Gasteiger partial charge is 0.497 e. The first-order chi connectivity index (χ1) is 11.2. The van der Waals surface area contributed by atoms with E-state index in [0.717, 1.165) is 16.3 Å². The van der Waals surface area contributed by atoms with Gasteiger partial charge in [0.05, 0.1) is 18.3 Å². The number of aromatic nitrogens is 6. The summed E-state index contributed by atoms with van der Waals surface area (Å²) in [5.74, 6) is 1.38. The number of halogens is 1. The SMILES string of the molecule is COc1ccc(-c2nn3c(-c4c(Cl)cnn4C)nnc3s2)cc1. The molecule has 1 aromatic carbocycles. The molecule has 4 rings (SSSR count). The fourth-order valence-electron chi connectivity index (χ4n) is 2.28. The first kappa shape index (κ1) is 14.2. The Bertz CT molecular complexity index is 967. The van der Waals surface area contributed by atoms with Gasteiger partial charge in [-0.1, -0.05) is 22.9 Å². The molecule has 9 heteroatoms. The predicted molar refractivity (Wildman–Crippen MR) is 87.9 cm³/mol. The minimum Gasteiger partial charge on any atom is -0.497 e. The molecule has 0 saturated heterocycles. The fourth-order valence-corrected chi connectivity index (χ4v) is 3.37. The molecule has 0 amide bonds. The lowest BCUT2D eigenvalue weighted by atomic mass is 10.2. The number of hydrogen-bond acceptors (Lipinski definition) is 6. The van der Waals surface area contributed by atoms with Crippen LogP contribution in [0.2, 0.25) is 5.02 Å². The van der Waals surface area contributed by atoms with Gasteiger partial charge in [-0.2, -0.15) is 14.7 Å². The third kappa shape index (κ3) is 2.27. The van der Waals surface area contributed by atoms with Gasteiger partial charge in [0.1, 0.15) is 16.5 Å². The van der Waals surface area contributed by atoms with Crippen LogP contribution in [0.1, 0.15) is 0 Å². The molecule has 0 N–H and O–H groups in total. The van der Waals surface area contributed by atoms with Crippen molar-refractivity contribution in [1.29, 1.82) is 0 Å². The molecule has 0 aliphatic rings. The van der Waals surface area contributed by atoms with Crippen LogP contribution in [-0.2, 0) is 7.05 Å². The van der Waals surface area contributed by atoms with Crippen molar-refractivity contribution < 1.29 is 4.74 Å².